The number of hydrogen-bond acceptors (Lipinski definition) is 3. The van der Waals surface area contributed by atoms with Crippen molar-refractivity contribution in [2.75, 3.05) is 5.75 Å². The Morgan fingerprint density at radius 2 is 1.88 bits per heavy atom. The van der Waals surface area contributed by atoms with Gasteiger partial charge in [-0.3, -0.25) is 4.79 Å². The van der Waals surface area contributed by atoms with Gasteiger partial charge in [0.25, 0.3) is 0 Å². The summed E-state index contributed by atoms with van der Waals surface area (Å²) in [4.78, 5) is 12.5. The fourth-order valence-corrected chi connectivity index (χ4v) is 5.22. The van der Waals surface area contributed by atoms with E-state index in [2.05, 4.69) is 21.2 Å². The number of benzene rings is 2. The van der Waals surface area contributed by atoms with Gasteiger partial charge in [-0.25, -0.2) is 8.42 Å². The summed E-state index contributed by atoms with van der Waals surface area (Å²) in [5.41, 5.74) is 3.32. The van der Waals surface area contributed by atoms with Crippen molar-refractivity contribution < 1.29 is 13.2 Å². The standard InChI is InChI=1S/C20H22BrNO3S/c1-14(18-7-2-3-8-19(18)21)22-20(23)11-12-26(24,25)17-10-9-15-5-4-6-16(15)13-17/h2-3,7-10,13-14H,4-6,11-12H2,1H3,(H,22,23). The van der Waals surface area contributed by atoms with Crippen molar-refractivity contribution in [3.8, 4) is 0 Å². The van der Waals surface area contributed by atoms with Crippen LogP contribution in [0.1, 0.15) is 42.5 Å². The highest BCUT2D eigenvalue weighted by molar-refractivity contribution is 9.10. The van der Waals surface area contributed by atoms with Gasteiger partial charge in [0, 0.05) is 10.9 Å². The van der Waals surface area contributed by atoms with E-state index in [4.69, 9.17) is 0 Å². The molecule has 26 heavy (non-hydrogen) atoms. The minimum atomic E-state index is -3.46. The van der Waals surface area contributed by atoms with Crippen LogP contribution < -0.4 is 5.32 Å². The smallest absolute Gasteiger partial charge is 0.221 e. The van der Waals surface area contributed by atoms with Gasteiger partial charge >= 0.3 is 0 Å². The molecule has 0 aliphatic heterocycles. The lowest BCUT2D eigenvalue weighted by atomic mass is 10.1. The number of halogens is 1. The maximum Gasteiger partial charge on any atom is 0.221 e. The number of hydrogen-bond donors (Lipinski definition) is 1. The molecule has 1 N–H and O–H groups in total. The minimum Gasteiger partial charge on any atom is -0.350 e. The topological polar surface area (TPSA) is 63.2 Å². The Kier molecular flexibility index (Phi) is 5.82. The normalized spacial score (nSPS) is 14.7. The Morgan fingerprint density at radius 3 is 2.65 bits per heavy atom. The van der Waals surface area contributed by atoms with Crippen molar-refractivity contribution in [3.05, 3.63) is 63.6 Å². The first kappa shape index (κ1) is 19.1. The molecule has 0 heterocycles. The van der Waals surface area contributed by atoms with Gasteiger partial charge in [-0.15, -0.1) is 0 Å². The van der Waals surface area contributed by atoms with Crippen LogP contribution in [0.3, 0.4) is 0 Å². The van der Waals surface area contributed by atoms with Crippen LogP contribution in [0.25, 0.3) is 0 Å². The molecule has 138 valence electrons. The third-order valence-corrected chi connectivity index (χ3v) is 7.21. The van der Waals surface area contributed by atoms with Crippen LogP contribution in [0.2, 0.25) is 0 Å². The van der Waals surface area contributed by atoms with Gasteiger partial charge in [-0.05, 0) is 61.1 Å². The molecule has 1 atom stereocenters. The van der Waals surface area contributed by atoms with E-state index in [0.29, 0.717) is 4.90 Å². The van der Waals surface area contributed by atoms with E-state index in [9.17, 15) is 13.2 Å². The number of aryl methyl sites for hydroxylation is 2. The summed E-state index contributed by atoms with van der Waals surface area (Å²) in [5, 5.41) is 2.87. The monoisotopic (exact) mass is 435 g/mol. The number of carbonyl (C=O) groups is 1. The molecule has 0 radical (unpaired) electrons. The summed E-state index contributed by atoms with van der Waals surface area (Å²) >= 11 is 3.47. The third kappa shape index (κ3) is 4.35. The van der Waals surface area contributed by atoms with Crippen LogP contribution in [0.4, 0.5) is 0 Å². The summed E-state index contributed by atoms with van der Waals surface area (Å²) in [7, 11) is -3.46. The molecule has 0 saturated carbocycles. The van der Waals surface area contributed by atoms with E-state index >= 15 is 0 Å². The van der Waals surface area contributed by atoms with Crippen LogP contribution in [0.5, 0.6) is 0 Å². The lowest BCUT2D eigenvalue weighted by Gasteiger charge is -2.16. The molecule has 3 rings (SSSR count). The highest BCUT2D eigenvalue weighted by Gasteiger charge is 2.20. The lowest BCUT2D eigenvalue weighted by molar-refractivity contribution is -0.121. The molecule has 4 nitrogen and oxygen atoms in total. The molecule has 0 spiro atoms. The summed E-state index contributed by atoms with van der Waals surface area (Å²) in [6, 6.07) is 12.8. The Morgan fingerprint density at radius 1 is 1.15 bits per heavy atom. The molecule has 1 aliphatic carbocycles. The average Bonchev–Trinajstić information content (AvgIpc) is 3.08. The maximum atomic E-state index is 12.6. The fourth-order valence-electron chi connectivity index (χ4n) is 3.30. The molecule has 2 aromatic carbocycles. The highest BCUT2D eigenvalue weighted by Crippen LogP contribution is 2.26. The van der Waals surface area contributed by atoms with Crippen molar-refractivity contribution in [1.82, 2.24) is 5.32 Å². The molecule has 0 bridgehead atoms. The minimum absolute atomic E-state index is 0.0474. The first-order valence-electron chi connectivity index (χ1n) is 8.75. The first-order chi connectivity index (χ1) is 12.4. The van der Waals surface area contributed by atoms with Gasteiger partial charge in [0.1, 0.15) is 0 Å². The Balaban J connectivity index is 1.61. The zero-order valence-corrected chi connectivity index (χ0v) is 17.1. The molecule has 0 saturated heterocycles. The quantitative estimate of drug-likeness (QED) is 0.745. The number of rotatable bonds is 6. The lowest BCUT2D eigenvalue weighted by Crippen LogP contribution is -2.28. The number of sulfone groups is 1. The number of fused-ring (bicyclic) bond motifs is 1. The second-order valence-electron chi connectivity index (χ2n) is 6.66. The number of nitrogens with one attached hydrogen (secondary N) is 1. The largest absolute Gasteiger partial charge is 0.350 e. The van der Waals surface area contributed by atoms with Crippen LogP contribution >= 0.6 is 15.9 Å². The SMILES string of the molecule is CC(NC(=O)CCS(=O)(=O)c1ccc2c(c1)CCC2)c1ccccc1Br. The molecule has 2 aromatic rings. The molecule has 0 fully saturated rings. The van der Waals surface area contributed by atoms with Crippen molar-refractivity contribution in [2.24, 2.45) is 0 Å². The van der Waals surface area contributed by atoms with Gasteiger partial charge in [-0.2, -0.15) is 0 Å². The summed E-state index contributed by atoms with van der Waals surface area (Å²) in [6.07, 6.45) is 2.98. The fraction of sp³-hybridized carbons (Fsp3) is 0.350. The van der Waals surface area contributed by atoms with E-state index in [-0.39, 0.29) is 24.1 Å². The van der Waals surface area contributed by atoms with E-state index in [1.165, 1.54) is 5.56 Å². The second-order valence-corrected chi connectivity index (χ2v) is 9.63. The van der Waals surface area contributed by atoms with Gasteiger partial charge in [0.05, 0.1) is 16.7 Å². The summed E-state index contributed by atoms with van der Waals surface area (Å²) < 4.78 is 26.0. The first-order valence-corrected chi connectivity index (χ1v) is 11.2. The van der Waals surface area contributed by atoms with E-state index in [0.717, 1.165) is 34.9 Å². The van der Waals surface area contributed by atoms with E-state index < -0.39 is 9.84 Å². The van der Waals surface area contributed by atoms with Crippen LogP contribution in [-0.2, 0) is 27.5 Å². The van der Waals surface area contributed by atoms with Crippen molar-refractivity contribution in [1.29, 1.82) is 0 Å². The zero-order chi connectivity index (χ0) is 18.7. The molecule has 1 aliphatic rings. The molecule has 6 heteroatoms. The van der Waals surface area contributed by atoms with Gasteiger partial charge in [0.2, 0.25) is 5.91 Å². The Hall–Kier alpha value is -1.66. The van der Waals surface area contributed by atoms with Gasteiger partial charge < -0.3 is 5.32 Å². The van der Waals surface area contributed by atoms with Crippen LogP contribution in [-0.4, -0.2) is 20.1 Å². The predicted octanol–water partition coefficient (Wildman–Crippen LogP) is 3.98. The summed E-state index contributed by atoms with van der Waals surface area (Å²) in [6.45, 7) is 1.88. The van der Waals surface area contributed by atoms with E-state index in [1.807, 2.05) is 37.3 Å². The van der Waals surface area contributed by atoms with Crippen molar-refractivity contribution in [2.45, 2.75) is 43.5 Å². The van der Waals surface area contributed by atoms with Crippen molar-refractivity contribution >= 4 is 31.7 Å². The van der Waals surface area contributed by atoms with Gasteiger partial charge in [0.15, 0.2) is 9.84 Å². The molecule has 0 aromatic heterocycles. The maximum absolute atomic E-state index is 12.6. The van der Waals surface area contributed by atoms with Gasteiger partial charge in [-0.1, -0.05) is 40.2 Å². The predicted molar refractivity (Wildman–Crippen MR) is 106 cm³/mol. The molecular weight excluding hydrogens is 414 g/mol. The molecule has 1 amide bonds. The number of amides is 1. The summed E-state index contributed by atoms with van der Waals surface area (Å²) in [5.74, 6) is -0.446. The second kappa shape index (κ2) is 7.92. The molecular formula is C20H22BrNO3S. The third-order valence-electron chi connectivity index (χ3n) is 4.78. The van der Waals surface area contributed by atoms with Crippen LogP contribution in [0.15, 0.2) is 51.8 Å². The molecule has 1 unspecified atom stereocenters. The zero-order valence-electron chi connectivity index (χ0n) is 14.7. The highest BCUT2D eigenvalue weighted by atomic mass is 79.9. The Labute approximate surface area is 163 Å². The average molecular weight is 436 g/mol. The van der Waals surface area contributed by atoms with Crippen LogP contribution in [0, 0.1) is 0 Å². The number of carbonyl (C=O) groups excluding carboxylic acids is 1. The van der Waals surface area contributed by atoms with E-state index in [1.54, 1.807) is 12.1 Å². The van der Waals surface area contributed by atoms with Crippen molar-refractivity contribution in [3.63, 3.8) is 0 Å². The Bertz CT molecular complexity index is 924.